The molecule has 0 aliphatic rings. The van der Waals surface area contributed by atoms with Crippen LogP contribution in [0.2, 0.25) is 0 Å². The number of hydrogen-bond donors (Lipinski definition) is 0. The second kappa shape index (κ2) is 8.76. The molecule has 13 heteroatoms. The van der Waals surface area contributed by atoms with E-state index in [1.165, 1.54) is 15.9 Å². The molecule has 2 rings (SSSR count). The maximum atomic E-state index is 13.5. The number of benzene rings is 1. The first-order valence-corrected chi connectivity index (χ1v) is 9.54. The van der Waals surface area contributed by atoms with Crippen LogP contribution >= 0.6 is 31.9 Å². The molecule has 0 saturated carbocycles. The molecule has 1 aromatic heterocycles. The third kappa shape index (κ3) is 4.92. The molecule has 0 aliphatic heterocycles. The minimum Gasteiger partial charge on any atom is -0.427 e. The molecule has 0 fully saturated rings. The standard InChI is InChI=1S/C17H11Br2F7N2O2/c1-2-29-8-28-13(11(7-27)12(18)14(28)15(20,21)22)9-3-5-10(6-4-9)30-17(25,26)16(19,23)24/h3-6H,2,8H2,1H3. The Morgan fingerprint density at radius 2 is 1.63 bits per heavy atom. The normalized spacial score (nSPS) is 12.7. The van der Waals surface area contributed by atoms with Crippen molar-refractivity contribution in [3.05, 3.63) is 40.0 Å². The zero-order valence-corrected chi connectivity index (χ0v) is 18.0. The molecule has 0 amide bonds. The van der Waals surface area contributed by atoms with Crippen LogP contribution in [0.15, 0.2) is 28.7 Å². The first kappa shape index (κ1) is 24.5. The molecule has 164 valence electrons. The van der Waals surface area contributed by atoms with Crippen LogP contribution in [0.4, 0.5) is 30.7 Å². The van der Waals surface area contributed by atoms with Crippen molar-refractivity contribution in [3.63, 3.8) is 0 Å². The predicted octanol–water partition coefficient (Wildman–Crippen LogP) is 6.76. The highest BCUT2D eigenvalue weighted by Gasteiger charge is 2.57. The van der Waals surface area contributed by atoms with Gasteiger partial charge in [-0.3, -0.25) is 0 Å². The summed E-state index contributed by atoms with van der Waals surface area (Å²) in [5.41, 5.74) is -1.72. The van der Waals surface area contributed by atoms with Crippen LogP contribution < -0.4 is 4.74 Å². The van der Waals surface area contributed by atoms with Gasteiger partial charge in [-0.1, -0.05) is 0 Å². The average Bonchev–Trinajstić information content (AvgIpc) is 2.90. The molecule has 0 unspecified atom stereocenters. The molecule has 0 bridgehead atoms. The van der Waals surface area contributed by atoms with Gasteiger partial charge < -0.3 is 14.0 Å². The fraction of sp³-hybridized carbons (Fsp3) is 0.353. The number of nitriles is 1. The first-order chi connectivity index (χ1) is 13.7. The third-order valence-electron chi connectivity index (χ3n) is 3.71. The second-order valence-electron chi connectivity index (χ2n) is 5.69. The molecule has 0 N–H and O–H groups in total. The highest BCUT2D eigenvalue weighted by Crippen LogP contribution is 2.44. The molecule has 0 aliphatic carbocycles. The molecular formula is C17H11Br2F7N2O2. The molecule has 0 radical (unpaired) electrons. The van der Waals surface area contributed by atoms with Gasteiger partial charge in [-0.2, -0.15) is 36.0 Å². The van der Waals surface area contributed by atoms with E-state index >= 15 is 0 Å². The highest BCUT2D eigenvalue weighted by atomic mass is 79.9. The minimum atomic E-state index is -4.88. The number of hydrogen-bond acceptors (Lipinski definition) is 3. The van der Waals surface area contributed by atoms with Crippen LogP contribution in [-0.2, 0) is 17.6 Å². The summed E-state index contributed by atoms with van der Waals surface area (Å²) in [5.74, 6) is -0.667. The van der Waals surface area contributed by atoms with Gasteiger partial charge in [0.25, 0.3) is 0 Å². The zero-order valence-electron chi connectivity index (χ0n) is 14.8. The molecule has 30 heavy (non-hydrogen) atoms. The topological polar surface area (TPSA) is 47.2 Å². The lowest BCUT2D eigenvalue weighted by Gasteiger charge is -2.22. The maximum absolute atomic E-state index is 13.5. The number of ether oxygens (including phenoxy) is 2. The van der Waals surface area contributed by atoms with Gasteiger partial charge in [0.2, 0.25) is 0 Å². The summed E-state index contributed by atoms with van der Waals surface area (Å²) >= 11 is 4.30. The van der Waals surface area contributed by atoms with E-state index in [2.05, 4.69) is 20.7 Å². The first-order valence-electron chi connectivity index (χ1n) is 7.95. The van der Waals surface area contributed by atoms with Crippen LogP contribution in [0.25, 0.3) is 11.3 Å². The van der Waals surface area contributed by atoms with Crippen molar-refractivity contribution >= 4 is 31.9 Å². The molecule has 0 saturated heterocycles. The summed E-state index contributed by atoms with van der Waals surface area (Å²) in [5, 5.41) is 9.37. The van der Waals surface area contributed by atoms with Crippen molar-refractivity contribution in [1.29, 1.82) is 5.26 Å². The molecule has 1 aromatic carbocycles. The smallest absolute Gasteiger partial charge is 0.427 e. The Hall–Kier alpha value is -1.78. The van der Waals surface area contributed by atoms with Gasteiger partial charge in [0.1, 0.15) is 24.2 Å². The van der Waals surface area contributed by atoms with Crippen molar-refractivity contribution in [1.82, 2.24) is 4.57 Å². The zero-order chi connectivity index (χ0) is 22.9. The lowest BCUT2D eigenvalue weighted by Crippen LogP contribution is -2.40. The SMILES string of the molecule is CCOCn1c(-c2ccc(OC(F)(F)C(F)(F)Br)cc2)c(C#N)c(Br)c1C(F)(F)F. The van der Waals surface area contributed by atoms with E-state index in [-0.39, 0.29) is 23.4 Å². The van der Waals surface area contributed by atoms with Gasteiger partial charge in [-0.25, -0.2) is 0 Å². The Bertz CT molecular complexity index is 945. The van der Waals surface area contributed by atoms with E-state index < -0.39 is 39.8 Å². The molecule has 4 nitrogen and oxygen atoms in total. The van der Waals surface area contributed by atoms with E-state index in [1.807, 2.05) is 0 Å². The average molecular weight is 568 g/mol. The predicted molar refractivity (Wildman–Crippen MR) is 98.4 cm³/mol. The molecule has 0 atom stereocenters. The van der Waals surface area contributed by atoms with Gasteiger partial charge in [-0.15, -0.1) is 0 Å². The van der Waals surface area contributed by atoms with Gasteiger partial charge in [0.05, 0.1) is 15.7 Å². The lowest BCUT2D eigenvalue weighted by atomic mass is 10.1. The second-order valence-corrected chi connectivity index (χ2v) is 7.48. The number of nitrogens with zero attached hydrogens (tertiary/aromatic N) is 2. The molecule has 1 heterocycles. The van der Waals surface area contributed by atoms with E-state index in [1.54, 1.807) is 13.0 Å². The molecular weight excluding hydrogens is 557 g/mol. The van der Waals surface area contributed by atoms with E-state index in [4.69, 9.17) is 4.74 Å². The van der Waals surface area contributed by atoms with Crippen LogP contribution in [0.3, 0.4) is 0 Å². The summed E-state index contributed by atoms with van der Waals surface area (Å²) in [4.78, 5) is -4.65. The van der Waals surface area contributed by atoms with Gasteiger partial charge in [0, 0.05) is 22.5 Å². The maximum Gasteiger partial charge on any atom is 0.475 e. The Kier molecular flexibility index (Phi) is 7.15. The fourth-order valence-corrected chi connectivity index (χ4v) is 3.26. The van der Waals surface area contributed by atoms with Crippen LogP contribution in [0, 0.1) is 11.3 Å². The van der Waals surface area contributed by atoms with Gasteiger partial charge in [-0.05, 0) is 52.7 Å². The van der Waals surface area contributed by atoms with Crippen molar-refractivity contribution in [2.45, 2.75) is 30.8 Å². The van der Waals surface area contributed by atoms with Crippen molar-refractivity contribution in [2.24, 2.45) is 0 Å². The quantitative estimate of drug-likeness (QED) is 0.274. The van der Waals surface area contributed by atoms with Crippen LogP contribution in [0.5, 0.6) is 5.75 Å². The number of halogens is 9. The molecule has 2 aromatic rings. The Labute approximate surface area is 182 Å². The summed E-state index contributed by atoms with van der Waals surface area (Å²) in [6.07, 6.45) is -9.72. The Balaban J connectivity index is 2.57. The van der Waals surface area contributed by atoms with E-state index in [0.29, 0.717) is 4.57 Å². The third-order valence-corrected chi connectivity index (χ3v) is 4.95. The summed E-state index contributed by atoms with van der Waals surface area (Å²) < 4.78 is 102. The monoisotopic (exact) mass is 566 g/mol. The fourth-order valence-electron chi connectivity index (χ4n) is 2.47. The van der Waals surface area contributed by atoms with Crippen molar-refractivity contribution < 1.29 is 40.2 Å². The van der Waals surface area contributed by atoms with Crippen molar-refractivity contribution in [3.8, 4) is 23.1 Å². The summed E-state index contributed by atoms with van der Waals surface area (Å²) in [6, 6.07) is 5.51. The van der Waals surface area contributed by atoms with Crippen LogP contribution in [0.1, 0.15) is 18.2 Å². The number of rotatable bonds is 7. The minimum absolute atomic E-state index is 0.0173. The van der Waals surface area contributed by atoms with Crippen molar-refractivity contribution in [2.75, 3.05) is 6.61 Å². The summed E-state index contributed by atoms with van der Waals surface area (Å²) in [6.45, 7) is 1.09. The Morgan fingerprint density at radius 1 is 1.07 bits per heavy atom. The lowest BCUT2D eigenvalue weighted by molar-refractivity contribution is -0.266. The number of alkyl halides is 8. The van der Waals surface area contributed by atoms with Crippen LogP contribution in [-0.4, -0.2) is 22.1 Å². The van der Waals surface area contributed by atoms with Gasteiger partial charge >= 0.3 is 17.1 Å². The highest BCUT2D eigenvalue weighted by molar-refractivity contribution is 9.10. The van der Waals surface area contributed by atoms with E-state index in [0.717, 1.165) is 24.3 Å². The Morgan fingerprint density at radius 3 is 2.07 bits per heavy atom. The van der Waals surface area contributed by atoms with Gasteiger partial charge in [0.15, 0.2) is 0 Å². The largest absolute Gasteiger partial charge is 0.475 e. The number of aromatic nitrogens is 1. The molecule has 0 spiro atoms. The van der Waals surface area contributed by atoms with E-state index in [9.17, 15) is 36.0 Å². The summed E-state index contributed by atoms with van der Waals surface area (Å²) in [7, 11) is 0.